The van der Waals surface area contributed by atoms with E-state index in [9.17, 15) is 4.79 Å². The predicted molar refractivity (Wildman–Crippen MR) is 63.5 cm³/mol. The van der Waals surface area contributed by atoms with Crippen molar-refractivity contribution in [3.8, 4) is 0 Å². The van der Waals surface area contributed by atoms with Crippen LogP contribution in [-0.4, -0.2) is 5.78 Å². The Morgan fingerprint density at radius 1 is 1.31 bits per heavy atom. The Hall–Kier alpha value is -1.44. The first kappa shape index (κ1) is 11.1. The Kier molecular flexibility index (Phi) is 3.18. The highest BCUT2D eigenvalue weighted by molar-refractivity contribution is 5.79. The van der Waals surface area contributed by atoms with Crippen LogP contribution in [0.5, 0.6) is 0 Å². The van der Waals surface area contributed by atoms with Crippen LogP contribution in [-0.2, 0) is 4.79 Å². The zero-order chi connectivity index (χ0) is 11.5. The first-order chi connectivity index (χ1) is 7.68. The molecule has 1 aliphatic rings. The molecule has 1 unspecified atom stereocenters. The van der Waals surface area contributed by atoms with Gasteiger partial charge in [-0.25, -0.2) is 0 Å². The number of carbonyl (C=O) groups is 1. The third kappa shape index (κ3) is 2.21. The molecule has 0 bridgehead atoms. The molecule has 0 saturated heterocycles. The molecule has 0 spiro atoms. The first-order valence-electron chi connectivity index (χ1n) is 5.84. The van der Waals surface area contributed by atoms with Crippen LogP contribution in [0.25, 0.3) is 5.70 Å². The monoisotopic (exact) mass is 216 g/mol. The van der Waals surface area contributed by atoms with E-state index in [4.69, 9.17) is 0 Å². The Labute approximate surface area is 96.6 Å². The minimum Gasteiger partial charge on any atom is -0.300 e. The normalized spacial score (nSPS) is 21.0. The Balaban J connectivity index is 2.24. The van der Waals surface area contributed by atoms with Crippen molar-refractivity contribution in [1.82, 2.24) is 0 Å². The third-order valence-corrected chi connectivity index (χ3v) is 3.38. The number of Topliss-reactive ketones (excluding diaryl/α,β-unsaturated/α-hetero) is 1. The number of rotatable bonds is 2. The molecule has 1 aromatic rings. The van der Waals surface area contributed by atoms with Crippen LogP contribution in [0.3, 0.4) is 0 Å². The van der Waals surface area contributed by atoms with Gasteiger partial charge in [0.1, 0.15) is 5.78 Å². The van der Waals surface area contributed by atoms with Gasteiger partial charge in [-0.3, -0.25) is 4.79 Å². The number of pyridine rings is 1. The molecule has 84 valence electrons. The molecular formula is C14H18NO+. The highest BCUT2D eigenvalue weighted by atomic mass is 16.1. The number of allylic oxidation sites excluding steroid dienone is 2. The Bertz CT molecular complexity index is 420. The number of hydrogen-bond acceptors (Lipinski definition) is 1. The third-order valence-electron chi connectivity index (χ3n) is 3.38. The van der Waals surface area contributed by atoms with Crippen LogP contribution in [0.4, 0.5) is 0 Å². The zero-order valence-corrected chi connectivity index (χ0v) is 9.94. The maximum absolute atomic E-state index is 11.4. The molecule has 1 atom stereocenters. The van der Waals surface area contributed by atoms with Crippen LogP contribution in [0.15, 0.2) is 36.2 Å². The standard InChI is InChI=1S/C14H18NO/c1-11-10-13(12(2)16)6-7-14(11)15-8-4-3-5-9-15/h3-5,8-9,13H,6-7,10H2,1-2H3/q+1. The summed E-state index contributed by atoms with van der Waals surface area (Å²) in [6.45, 7) is 3.85. The number of hydrogen-bond donors (Lipinski definition) is 0. The van der Waals surface area contributed by atoms with Crippen molar-refractivity contribution in [3.05, 3.63) is 36.2 Å². The van der Waals surface area contributed by atoms with E-state index >= 15 is 0 Å². The molecule has 1 aromatic heterocycles. The van der Waals surface area contributed by atoms with Gasteiger partial charge >= 0.3 is 0 Å². The molecule has 1 aliphatic carbocycles. The van der Waals surface area contributed by atoms with Gasteiger partial charge < -0.3 is 0 Å². The van der Waals surface area contributed by atoms with Crippen LogP contribution in [0.2, 0.25) is 0 Å². The average molecular weight is 216 g/mol. The van der Waals surface area contributed by atoms with E-state index in [0.29, 0.717) is 5.78 Å². The van der Waals surface area contributed by atoms with Gasteiger partial charge in [0.25, 0.3) is 0 Å². The van der Waals surface area contributed by atoms with Crippen molar-refractivity contribution in [2.24, 2.45) is 5.92 Å². The summed E-state index contributed by atoms with van der Waals surface area (Å²) < 4.78 is 2.17. The molecule has 2 rings (SSSR count). The van der Waals surface area contributed by atoms with Crippen molar-refractivity contribution in [3.63, 3.8) is 0 Å². The molecular weight excluding hydrogens is 198 g/mol. The second-order valence-electron chi connectivity index (χ2n) is 4.56. The molecule has 16 heavy (non-hydrogen) atoms. The number of carbonyl (C=O) groups excluding carboxylic acids is 1. The average Bonchev–Trinajstić information content (AvgIpc) is 2.30. The molecule has 0 N–H and O–H groups in total. The van der Waals surface area contributed by atoms with Crippen LogP contribution < -0.4 is 4.57 Å². The second kappa shape index (κ2) is 4.60. The van der Waals surface area contributed by atoms with Crippen molar-refractivity contribution >= 4 is 11.5 Å². The lowest BCUT2D eigenvalue weighted by molar-refractivity contribution is -0.584. The lowest BCUT2D eigenvalue weighted by Crippen LogP contribution is -2.34. The van der Waals surface area contributed by atoms with Crippen molar-refractivity contribution in [2.75, 3.05) is 0 Å². The highest BCUT2D eigenvalue weighted by Crippen LogP contribution is 2.29. The molecule has 0 fully saturated rings. The van der Waals surface area contributed by atoms with E-state index in [-0.39, 0.29) is 5.92 Å². The zero-order valence-electron chi connectivity index (χ0n) is 9.94. The fourth-order valence-corrected chi connectivity index (χ4v) is 2.39. The molecule has 2 heteroatoms. The number of ketones is 1. The van der Waals surface area contributed by atoms with Gasteiger partial charge in [0.15, 0.2) is 18.1 Å². The van der Waals surface area contributed by atoms with Crippen molar-refractivity contribution in [1.29, 1.82) is 0 Å². The minimum absolute atomic E-state index is 0.244. The molecule has 1 heterocycles. The molecule has 0 amide bonds. The lowest BCUT2D eigenvalue weighted by Gasteiger charge is -2.20. The predicted octanol–water partition coefficient (Wildman–Crippen LogP) is 2.59. The van der Waals surface area contributed by atoms with E-state index in [1.807, 2.05) is 18.2 Å². The van der Waals surface area contributed by atoms with Gasteiger partial charge in [-0.05, 0) is 32.3 Å². The second-order valence-corrected chi connectivity index (χ2v) is 4.56. The molecule has 0 aromatic carbocycles. The van der Waals surface area contributed by atoms with Gasteiger partial charge in [-0.2, -0.15) is 4.57 Å². The maximum Gasteiger partial charge on any atom is 0.185 e. The molecule has 2 nitrogen and oxygen atoms in total. The van der Waals surface area contributed by atoms with E-state index in [2.05, 4.69) is 23.9 Å². The SMILES string of the molecule is CC(=O)C1CCC([n+]2ccccc2)=C(C)C1. The fourth-order valence-electron chi connectivity index (χ4n) is 2.39. The summed E-state index contributed by atoms with van der Waals surface area (Å²) in [6, 6.07) is 6.10. The van der Waals surface area contributed by atoms with Crippen molar-refractivity contribution < 1.29 is 9.36 Å². The van der Waals surface area contributed by atoms with E-state index < -0.39 is 0 Å². The van der Waals surface area contributed by atoms with E-state index in [1.165, 1.54) is 11.3 Å². The van der Waals surface area contributed by atoms with Gasteiger partial charge in [-0.1, -0.05) is 6.07 Å². The van der Waals surface area contributed by atoms with Crippen LogP contribution >= 0.6 is 0 Å². The molecule has 0 radical (unpaired) electrons. The van der Waals surface area contributed by atoms with E-state index in [0.717, 1.165) is 19.3 Å². The smallest absolute Gasteiger partial charge is 0.185 e. The van der Waals surface area contributed by atoms with Crippen LogP contribution in [0.1, 0.15) is 33.1 Å². The highest BCUT2D eigenvalue weighted by Gasteiger charge is 2.26. The summed E-state index contributed by atoms with van der Waals surface area (Å²) in [7, 11) is 0. The van der Waals surface area contributed by atoms with Gasteiger partial charge in [-0.15, -0.1) is 0 Å². The fraction of sp³-hybridized carbons (Fsp3) is 0.429. The topological polar surface area (TPSA) is 20.9 Å². The van der Waals surface area contributed by atoms with Crippen LogP contribution in [0, 0.1) is 5.92 Å². The summed E-state index contributed by atoms with van der Waals surface area (Å²) in [5.41, 5.74) is 2.71. The lowest BCUT2D eigenvalue weighted by atomic mass is 9.85. The number of aromatic nitrogens is 1. The van der Waals surface area contributed by atoms with Gasteiger partial charge in [0.2, 0.25) is 0 Å². The largest absolute Gasteiger partial charge is 0.300 e. The molecule has 0 aliphatic heterocycles. The quantitative estimate of drug-likeness (QED) is 0.696. The number of nitrogens with zero attached hydrogens (tertiary/aromatic N) is 1. The van der Waals surface area contributed by atoms with Crippen molar-refractivity contribution in [2.45, 2.75) is 33.1 Å². The molecule has 0 saturated carbocycles. The first-order valence-corrected chi connectivity index (χ1v) is 5.84. The maximum atomic E-state index is 11.4. The Morgan fingerprint density at radius 3 is 2.56 bits per heavy atom. The summed E-state index contributed by atoms with van der Waals surface area (Å²) in [5.74, 6) is 0.574. The summed E-state index contributed by atoms with van der Waals surface area (Å²) in [4.78, 5) is 11.4. The minimum atomic E-state index is 0.244. The van der Waals surface area contributed by atoms with Gasteiger partial charge in [0, 0.05) is 24.5 Å². The summed E-state index contributed by atoms with van der Waals surface area (Å²) in [5, 5.41) is 0. The van der Waals surface area contributed by atoms with Gasteiger partial charge in [0.05, 0.1) is 0 Å². The summed E-state index contributed by atoms with van der Waals surface area (Å²) in [6.07, 6.45) is 7.07. The summed E-state index contributed by atoms with van der Waals surface area (Å²) >= 11 is 0. The Morgan fingerprint density at radius 2 is 2.00 bits per heavy atom. The van der Waals surface area contributed by atoms with E-state index in [1.54, 1.807) is 6.92 Å².